The van der Waals surface area contributed by atoms with Crippen molar-refractivity contribution in [2.75, 3.05) is 7.05 Å². The molecule has 8 nitrogen and oxygen atoms in total. The van der Waals surface area contributed by atoms with E-state index in [2.05, 4.69) is 48.3 Å². The van der Waals surface area contributed by atoms with Crippen LogP contribution in [0.2, 0.25) is 0 Å². The second kappa shape index (κ2) is 9.60. The Bertz CT molecular complexity index is 893. The third-order valence-corrected chi connectivity index (χ3v) is 6.10. The number of hydrogen-bond donors (Lipinski definition) is 2. The fraction of sp³-hybridized carbons (Fsp3) is 0.565. The standard InChI is InChI=1S/C23H33N5O3/c1-23(2,3)27(4)14-19-15-28(26-25-19)20-11-9-18(10-12-20)24-21(29)13-16-5-7-17(8-6-16)22(30)31/h5-8,15,18,20H,9-14H2,1-4H3,(H,24,29)(H,30,31). The predicted octanol–water partition coefficient (Wildman–Crippen LogP) is 3.05. The van der Waals surface area contributed by atoms with Crippen molar-refractivity contribution >= 4 is 11.9 Å². The van der Waals surface area contributed by atoms with E-state index in [0.29, 0.717) is 6.04 Å². The number of amides is 1. The molecule has 2 N–H and O–H groups in total. The van der Waals surface area contributed by atoms with Gasteiger partial charge >= 0.3 is 5.97 Å². The molecule has 168 valence electrons. The Morgan fingerprint density at radius 1 is 1.16 bits per heavy atom. The maximum Gasteiger partial charge on any atom is 0.335 e. The molecule has 1 aliphatic rings. The van der Waals surface area contributed by atoms with Gasteiger partial charge in [0.15, 0.2) is 0 Å². The molecule has 3 rings (SSSR count). The van der Waals surface area contributed by atoms with Gasteiger partial charge in [-0.25, -0.2) is 9.48 Å². The Morgan fingerprint density at radius 2 is 1.81 bits per heavy atom. The Kier molecular flexibility index (Phi) is 7.10. The molecule has 31 heavy (non-hydrogen) atoms. The largest absolute Gasteiger partial charge is 0.478 e. The maximum absolute atomic E-state index is 12.4. The van der Waals surface area contributed by atoms with E-state index >= 15 is 0 Å². The molecule has 1 aromatic heterocycles. The molecular formula is C23H33N5O3. The lowest BCUT2D eigenvalue weighted by atomic mass is 9.91. The van der Waals surface area contributed by atoms with Crippen molar-refractivity contribution in [3.05, 3.63) is 47.3 Å². The lowest BCUT2D eigenvalue weighted by Crippen LogP contribution is -2.38. The SMILES string of the molecule is CN(Cc1cn(C2CCC(NC(=O)Cc3ccc(C(=O)O)cc3)CC2)nn1)C(C)(C)C. The minimum Gasteiger partial charge on any atom is -0.478 e. The van der Waals surface area contributed by atoms with Gasteiger partial charge in [-0.15, -0.1) is 5.10 Å². The summed E-state index contributed by atoms with van der Waals surface area (Å²) in [7, 11) is 2.09. The summed E-state index contributed by atoms with van der Waals surface area (Å²) in [6.45, 7) is 7.30. The minimum absolute atomic E-state index is 0.0280. The van der Waals surface area contributed by atoms with E-state index in [0.717, 1.165) is 43.5 Å². The van der Waals surface area contributed by atoms with Crippen molar-refractivity contribution in [1.29, 1.82) is 0 Å². The van der Waals surface area contributed by atoms with Gasteiger partial charge in [-0.05, 0) is 71.2 Å². The molecule has 0 saturated heterocycles. The molecule has 1 amide bonds. The molecule has 0 radical (unpaired) electrons. The summed E-state index contributed by atoms with van der Waals surface area (Å²) in [6.07, 6.45) is 6.03. The van der Waals surface area contributed by atoms with Gasteiger partial charge in [-0.2, -0.15) is 0 Å². The summed E-state index contributed by atoms with van der Waals surface area (Å²) in [5, 5.41) is 20.8. The first kappa shape index (κ1) is 22.9. The second-order valence-electron chi connectivity index (χ2n) is 9.47. The highest BCUT2D eigenvalue weighted by atomic mass is 16.4. The van der Waals surface area contributed by atoms with Gasteiger partial charge in [-0.3, -0.25) is 9.69 Å². The van der Waals surface area contributed by atoms with Gasteiger partial charge in [0.2, 0.25) is 5.91 Å². The van der Waals surface area contributed by atoms with Crippen LogP contribution in [0.4, 0.5) is 0 Å². The van der Waals surface area contributed by atoms with Crippen LogP contribution in [0.3, 0.4) is 0 Å². The lowest BCUT2D eigenvalue weighted by Gasteiger charge is -2.31. The van der Waals surface area contributed by atoms with Gasteiger partial charge in [0.25, 0.3) is 0 Å². The molecule has 8 heteroatoms. The molecule has 1 saturated carbocycles. The fourth-order valence-electron chi connectivity index (χ4n) is 3.76. The number of aromatic nitrogens is 3. The third-order valence-electron chi connectivity index (χ3n) is 6.10. The average Bonchev–Trinajstić information content (AvgIpc) is 3.16. The second-order valence-corrected chi connectivity index (χ2v) is 9.47. The number of carbonyl (C=O) groups excluding carboxylic acids is 1. The van der Waals surface area contributed by atoms with Gasteiger partial charge < -0.3 is 10.4 Å². The van der Waals surface area contributed by atoms with Crippen molar-refractivity contribution in [3.8, 4) is 0 Å². The van der Waals surface area contributed by atoms with Crippen LogP contribution < -0.4 is 5.32 Å². The molecule has 1 fully saturated rings. The van der Waals surface area contributed by atoms with E-state index in [-0.39, 0.29) is 29.5 Å². The number of rotatable bonds is 7. The van der Waals surface area contributed by atoms with E-state index in [9.17, 15) is 9.59 Å². The zero-order valence-electron chi connectivity index (χ0n) is 18.8. The predicted molar refractivity (Wildman–Crippen MR) is 118 cm³/mol. The van der Waals surface area contributed by atoms with Crippen LogP contribution in [0.5, 0.6) is 0 Å². The van der Waals surface area contributed by atoms with E-state index in [4.69, 9.17) is 5.11 Å². The first-order chi connectivity index (χ1) is 14.6. The molecule has 1 aliphatic carbocycles. The zero-order chi connectivity index (χ0) is 22.6. The molecular weight excluding hydrogens is 394 g/mol. The highest BCUT2D eigenvalue weighted by Crippen LogP contribution is 2.28. The van der Waals surface area contributed by atoms with Crippen molar-refractivity contribution in [3.63, 3.8) is 0 Å². The summed E-state index contributed by atoms with van der Waals surface area (Å²) < 4.78 is 1.98. The molecule has 2 aromatic rings. The van der Waals surface area contributed by atoms with Crippen molar-refractivity contribution in [2.45, 2.75) is 77.0 Å². The monoisotopic (exact) mass is 427 g/mol. The average molecular weight is 428 g/mol. The number of carboxylic acids is 1. The summed E-state index contributed by atoms with van der Waals surface area (Å²) in [4.78, 5) is 25.6. The molecule has 0 bridgehead atoms. The normalized spacial score (nSPS) is 19.4. The zero-order valence-corrected chi connectivity index (χ0v) is 18.8. The molecule has 0 aliphatic heterocycles. The minimum atomic E-state index is -0.964. The summed E-state index contributed by atoms with van der Waals surface area (Å²) in [5.41, 5.74) is 2.09. The molecule has 1 heterocycles. The Balaban J connectivity index is 1.45. The molecule has 0 unspecified atom stereocenters. The fourth-order valence-corrected chi connectivity index (χ4v) is 3.76. The highest BCUT2D eigenvalue weighted by molar-refractivity contribution is 5.87. The summed E-state index contributed by atoms with van der Waals surface area (Å²) in [5.74, 6) is -0.992. The van der Waals surface area contributed by atoms with Crippen LogP contribution in [-0.4, -0.2) is 55.5 Å². The number of hydrogen-bond acceptors (Lipinski definition) is 5. The van der Waals surface area contributed by atoms with E-state index in [1.165, 1.54) is 12.1 Å². The first-order valence-corrected chi connectivity index (χ1v) is 10.9. The number of aromatic carboxylic acids is 1. The Labute approximate surface area is 183 Å². The number of nitrogens with zero attached hydrogens (tertiary/aromatic N) is 4. The first-order valence-electron chi connectivity index (χ1n) is 10.9. The third kappa shape index (κ3) is 6.37. The maximum atomic E-state index is 12.4. The van der Waals surface area contributed by atoms with E-state index in [1.54, 1.807) is 12.1 Å². The van der Waals surface area contributed by atoms with Crippen molar-refractivity contribution in [1.82, 2.24) is 25.2 Å². The Hall–Kier alpha value is -2.74. The van der Waals surface area contributed by atoms with E-state index < -0.39 is 5.97 Å². The van der Waals surface area contributed by atoms with Crippen molar-refractivity contribution in [2.24, 2.45) is 0 Å². The van der Waals surface area contributed by atoms with E-state index in [1.807, 2.05) is 10.9 Å². The van der Waals surface area contributed by atoms with Crippen LogP contribution in [0.15, 0.2) is 30.5 Å². The summed E-state index contributed by atoms with van der Waals surface area (Å²) in [6, 6.07) is 6.93. The van der Waals surface area contributed by atoms with Crippen LogP contribution in [0.1, 0.15) is 74.1 Å². The molecule has 0 atom stereocenters. The van der Waals surface area contributed by atoms with Gasteiger partial charge in [-0.1, -0.05) is 17.3 Å². The van der Waals surface area contributed by atoms with Crippen LogP contribution in [0, 0.1) is 0 Å². The highest BCUT2D eigenvalue weighted by Gasteiger charge is 2.25. The van der Waals surface area contributed by atoms with Crippen LogP contribution >= 0.6 is 0 Å². The lowest BCUT2D eigenvalue weighted by molar-refractivity contribution is -0.121. The molecule has 1 aromatic carbocycles. The Morgan fingerprint density at radius 3 is 2.39 bits per heavy atom. The number of nitrogens with one attached hydrogen (secondary N) is 1. The quantitative estimate of drug-likeness (QED) is 0.704. The number of benzene rings is 1. The van der Waals surface area contributed by atoms with Crippen LogP contribution in [0.25, 0.3) is 0 Å². The summed E-state index contributed by atoms with van der Waals surface area (Å²) >= 11 is 0. The topological polar surface area (TPSA) is 100 Å². The van der Waals surface area contributed by atoms with Crippen molar-refractivity contribution < 1.29 is 14.7 Å². The van der Waals surface area contributed by atoms with Gasteiger partial charge in [0, 0.05) is 18.1 Å². The number of carboxylic acid groups (broad SMARTS) is 1. The smallest absolute Gasteiger partial charge is 0.335 e. The molecule has 0 spiro atoms. The number of carbonyl (C=O) groups is 2. The van der Waals surface area contributed by atoms with Gasteiger partial charge in [0.1, 0.15) is 0 Å². The van der Waals surface area contributed by atoms with Crippen LogP contribution in [-0.2, 0) is 17.8 Å². The van der Waals surface area contributed by atoms with Gasteiger partial charge in [0.05, 0.1) is 29.9 Å².